The number of carboxylic acid groups (broad SMARTS) is 1. The van der Waals surface area contributed by atoms with E-state index in [9.17, 15) is 14.7 Å². The first-order chi connectivity index (χ1) is 18.1. The summed E-state index contributed by atoms with van der Waals surface area (Å²) < 4.78 is 14.1. The van der Waals surface area contributed by atoms with Gasteiger partial charge >= 0.3 is 5.97 Å². The van der Waals surface area contributed by atoms with Gasteiger partial charge in [0.15, 0.2) is 0 Å². The Morgan fingerprint density at radius 3 is 2.84 bits per heavy atom. The molecule has 4 heterocycles. The summed E-state index contributed by atoms with van der Waals surface area (Å²) in [5.74, 6) is 1.32. The summed E-state index contributed by atoms with van der Waals surface area (Å²) in [5, 5.41) is 13.7. The molecule has 3 aliphatic heterocycles. The molecular weight excluding hydrogens is 528 g/mol. The summed E-state index contributed by atoms with van der Waals surface area (Å²) in [6.07, 6.45) is 4.35. The summed E-state index contributed by atoms with van der Waals surface area (Å²) in [4.78, 5) is 31.9. The van der Waals surface area contributed by atoms with E-state index in [0.29, 0.717) is 55.1 Å². The second-order valence-corrected chi connectivity index (χ2v) is 13.6. The molecule has 1 saturated carbocycles. The minimum atomic E-state index is -0.709. The minimum absolute atomic E-state index is 0.0152. The lowest BCUT2D eigenvalue weighted by Gasteiger charge is -2.47. The zero-order chi connectivity index (χ0) is 27.1. The average Bonchev–Trinajstić information content (AvgIpc) is 3.30. The number of fused-ring (bicyclic) bond motifs is 2. The molecule has 1 aromatic heterocycles. The molecule has 3 fully saturated rings. The van der Waals surface area contributed by atoms with Crippen molar-refractivity contribution in [1.82, 2.24) is 19.8 Å². The van der Waals surface area contributed by atoms with Crippen LogP contribution in [0.4, 0.5) is 0 Å². The Morgan fingerprint density at radius 1 is 1.32 bits per heavy atom. The molecule has 0 bridgehead atoms. The van der Waals surface area contributed by atoms with Gasteiger partial charge in [-0.1, -0.05) is 0 Å². The van der Waals surface area contributed by atoms with Crippen molar-refractivity contribution in [3.05, 3.63) is 21.7 Å². The molecule has 212 valence electrons. The van der Waals surface area contributed by atoms with Crippen molar-refractivity contribution in [1.29, 1.82) is 0 Å². The van der Waals surface area contributed by atoms with Crippen LogP contribution in [0.3, 0.4) is 0 Å². The van der Waals surface area contributed by atoms with Crippen LogP contribution in [-0.4, -0.2) is 93.4 Å². The van der Waals surface area contributed by atoms with Crippen molar-refractivity contribution in [2.24, 2.45) is 17.8 Å². The fourth-order valence-corrected chi connectivity index (χ4v) is 9.09. The lowest BCUT2D eigenvalue weighted by Crippen LogP contribution is -2.57. The zero-order valence-electron chi connectivity index (χ0n) is 22.8. The highest BCUT2D eigenvalue weighted by atomic mass is 35.5. The number of thioether (sulfide) groups is 1. The highest BCUT2D eigenvalue weighted by molar-refractivity contribution is 8.00. The maximum absolute atomic E-state index is 13.4. The van der Waals surface area contributed by atoms with Crippen LogP contribution >= 0.6 is 23.4 Å². The predicted octanol–water partition coefficient (Wildman–Crippen LogP) is 2.39. The average molecular weight is 569 g/mol. The van der Waals surface area contributed by atoms with Crippen LogP contribution in [0.5, 0.6) is 5.88 Å². The number of alkyl halides is 1. The quantitative estimate of drug-likeness (QED) is 0.480. The van der Waals surface area contributed by atoms with Crippen molar-refractivity contribution in [2.75, 3.05) is 33.1 Å². The van der Waals surface area contributed by atoms with E-state index in [1.807, 2.05) is 21.0 Å². The van der Waals surface area contributed by atoms with E-state index in [4.69, 9.17) is 21.1 Å². The first-order valence-electron chi connectivity index (χ1n) is 13.9. The lowest BCUT2D eigenvalue weighted by molar-refractivity contribution is -0.142. The van der Waals surface area contributed by atoms with E-state index in [-0.39, 0.29) is 52.3 Å². The van der Waals surface area contributed by atoms with Gasteiger partial charge in [0.05, 0.1) is 30.7 Å². The van der Waals surface area contributed by atoms with E-state index < -0.39 is 5.97 Å². The highest BCUT2D eigenvalue weighted by Gasteiger charge is 2.51. The van der Waals surface area contributed by atoms with Crippen LogP contribution in [0.1, 0.15) is 44.0 Å². The number of likely N-dealkylation sites (N-methyl/N-ethyl adjacent to an activating group) is 1. The van der Waals surface area contributed by atoms with E-state index >= 15 is 0 Å². The Balaban J connectivity index is 1.29. The molecular formula is C27H41ClN4O5S. The number of hydrogen-bond donors (Lipinski definition) is 2. The summed E-state index contributed by atoms with van der Waals surface area (Å²) in [7, 11) is 3.99. The first kappa shape index (κ1) is 28.2. The van der Waals surface area contributed by atoms with Crippen molar-refractivity contribution in [3.8, 4) is 5.88 Å². The van der Waals surface area contributed by atoms with Gasteiger partial charge in [-0.25, -0.2) is 4.98 Å². The van der Waals surface area contributed by atoms with Crippen LogP contribution in [0.15, 0.2) is 4.79 Å². The molecule has 0 amide bonds. The van der Waals surface area contributed by atoms with Crippen molar-refractivity contribution >= 4 is 29.3 Å². The second-order valence-electron chi connectivity index (χ2n) is 11.8. The molecule has 5 rings (SSSR count). The van der Waals surface area contributed by atoms with Gasteiger partial charge in [-0.3, -0.25) is 14.2 Å². The number of halogens is 1. The van der Waals surface area contributed by atoms with E-state index in [2.05, 4.69) is 22.1 Å². The molecule has 9 atom stereocenters. The molecule has 9 unspecified atom stereocenters. The fourth-order valence-electron chi connectivity index (χ4n) is 6.95. The molecule has 1 aliphatic carbocycles. The number of aryl methyl sites for hydroxylation is 1. The van der Waals surface area contributed by atoms with Crippen molar-refractivity contribution in [3.63, 3.8) is 0 Å². The van der Waals surface area contributed by atoms with Crippen LogP contribution in [0.2, 0.25) is 0 Å². The van der Waals surface area contributed by atoms with Gasteiger partial charge in [-0.15, -0.1) is 11.6 Å². The van der Waals surface area contributed by atoms with Gasteiger partial charge in [-0.2, -0.15) is 11.8 Å². The maximum Gasteiger partial charge on any atom is 0.308 e. The van der Waals surface area contributed by atoms with Crippen LogP contribution in [0.25, 0.3) is 0 Å². The molecule has 11 heteroatoms. The highest BCUT2D eigenvalue weighted by Crippen LogP contribution is 2.48. The number of rotatable bonds is 7. The predicted molar refractivity (Wildman–Crippen MR) is 148 cm³/mol. The van der Waals surface area contributed by atoms with Crippen LogP contribution in [-0.2, 0) is 22.5 Å². The standard InChI is InChI=1S/C27H41ClN4O5S/c1-14-9-19(24-23(29-14)21(13-38-24)27(34)35)18-10-16(28)5-6-22(18)36-8-7-32-15(2)30-25-20(26(32)33)11-17(12-37-25)31(3)4/h14,16-19,21-24,29H,5-13H2,1-4H3,(H,34,35). The Bertz CT molecular complexity index is 1090. The number of nitrogens with one attached hydrogen (secondary N) is 1. The normalized spacial score (nSPS) is 36.9. The molecule has 2 saturated heterocycles. The number of nitrogens with zero attached hydrogens (tertiary/aromatic N) is 3. The summed E-state index contributed by atoms with van der Waals surface area (Å²) in [6, 6.07) is 0.397. The number of aromatic nitrogens is 2. The van der Waals surface area contributed by atoms with Gasteiger partial charge in [0.25, 0.3) is 5.56 Å². The molecule has 0 aromatic carbocycles. The molecule has 38 heavy (non-hydrogen) atoms. The first-order valence-corrected chi connectivity index (χ1v) is 15.4. The Kier molecular flexibility index (Phi) is 8.65. The zero-order valence-corrected chi connectivity index (χ0v) is 24.3. The number of piperidine rings is 1. The number of hydrogen-bond acceptors (Lipinski definition) is 8. The molecule has 4 aliphatic rings. The Labute approximate surface area is 234 Å². The number of aliphatic carboxylic acids is 1. The van der Waals surface area contributed by atoms with E-state index in [1.165, 1.54) is 0 Å². The van der Waals surface area contributed by atoms with Gasteiger partial charge in [0.2, 0.25) is 5.88 Å². The van der Waals surface area contributed by atoms with E-state index in [1.54, 1.807) is 16.3 Å². The maximum atomic E-state index is 13.4. The third-order valence-corrected chi connectivity index (χ3v) is 11.0. The van der Waals surface area contributed by atoms with Gasteiger partial charge in [-0.05, 0) is 65.5 Å². The number of carbonyl (C=O) groups is 1. The molecule has 1 aromatic rings. The summed E-state index contributed by atoms with van der Waals surface area (Å²) >= 11 is 8.48. The monoisotopic (exact) mass is 568 g/mol. The number of carboxylic acids is 1. The number of ether oxygens (including phenoxy) is 2. The van der Waals surface area contributed by atoms with Crippen molar-refractivity contribution in [2.45, 2.75) is 87.4 Å². The second kappa shape index (κ2) is 11.6. The molecule has 2 N–H and O–H groups in total. The summed E-state index contributed by atoms with van der Waals surface area (Å²) in [5.41, 5.74) is 0.600. The van der Waals surface area contributed by atoms with Crippen molar-refractivity contribution < 1.29 is 19.4 Å². The Morgan fingerprint density at radius 2 is 2.11 bits per heavy atom. The molecule has 9 nitrogen and oxygen atoms in total. The topological polar surface area (TPSA) is 106 Å². The molecule has 0 radical (unpaired) electrons. The van der Waals surface area contributed by atoms with Gasteiger partial charge < -0.3 is 24.8 Å². The molecule has 0 spiro atoms. The fraction of sp³-hybridized carbons (Fsp3) is 0.815. The third kappa shape index (κ3) is 5.61. The van der Waals surface area contributed by atoms with Gasteiger partial charge in [0.1, 0.15) is 12.4 Å². The van der Waals surface area contributed by atoms with Crippen LogP contribution < -0.4 is 15.6 Å². The SMILES string of the molecule is Cc1nc2c(c(=O)n1CCOC1CCC(Cl)CC1C1CC(C)NC3C(C(=O)O)CSC13)CC(N(C)C)CO2. The minimum Gasteiger partial charge on any atom is -0.481 e. The lowest BCUT2D eigenvalue weighted by atomic mass is 9.70. The smallest absolute Gasteiger partial charge is 0.308 e. The van der Waals surface area contributed by atoms with Crippen LogP contribution in [0, 0.1) is 24.7 Å². The summed E-state index contributed by atoms with van der Waals surface area (Å²) in [6.45, 7) is 5.40. The van der Waals surface area contributed by atoms with E-state index in [0.717, 1.165) is 25.7 Å². The van der Waals surface area contributed by atoms with Gasteiger partial charge in [0, 0.05) is 40.9 Å². The Hall–Kier alpha value is -1.33. The largest absolute Gasteiger partial charge is 0.481 e. The third-order valence-electron chi connectivity index (χ3n) is 9.06.